The Morgan fingerprint density at radius 2 is 1.96 bits per heavy atom. The molecule has 1 amide bonds. The van der Waals surface area contributed by atoms with E-state index in [1.165, 1.54) is 12.8 Å². The summed E-state index contributed by atoms with van der Waals surface area (Å²) in [5.74, 6) is 0.816. The third-order valence-corrected chi connectivity index (χ3v) is 4.74. The number of fused-ring (bicyclic) bond motifs is 3. The first-order chi connectivity index (χ1) is 11.7. The molecule has 0 spiro atoms. The summed E-state index contributed by atoms with van der Waals surface area (Å²) in [5, 5.41) is 6.31. The van der Waals surface area contributed by atoms with Crippen LogP contribution in [0.4, 0.5) is 0 Å². The van der Waals surface area contributed by atoms with Crippen LogP contribution >= 0.6 is 0 Å². The van der Waals surface area contributed by atoms with E-state index in [1.54, 1.807) is 0 Å². The van der Waals surface area contributed by atoms with Gasteiger partial charge in [0.15, 0.2) is 5.76 Å². The molecular weight excluding hydrogens is 298 g/mol. The van der Waals surface area contributed by atoms with Crippen LogP contribution in [0.5, 0.6) is 0 Å². The number of carbonyl (C=O) groups is 1. The summed E-state index contributed by atoms with van der Waals surface area (Å²) in [6.45, 7) is 5.09. The van der Waals surface area contributed by atoms with Crippen LogP contribution in [0.2, 0.25) is 0 Å². The Labute approximate surface area is 143 Å². The molecule has 1 atom stereocenters. The van der Waals surface area contributed by atoms with Gasteiger partial charge in [0.1, 0.15) is 5.58 Å². The first-order valence-corrected chi connectivity index (χ1v) is 8.92. The van der Waals surface area contributed by atoms with E-state index in [0.29, 0.717) is 18.2 Å². The first kappa shape index (κ1) is 16.6. The first-order valence-electron chi connectivity index (χ1n) is 8.92. The molecule has 0 saturated carbocycles. The van der Waals surface area contributed by atoms with E-state index < -0.39 is 0 Å². The predicted octanol–water partition coefficient (Wildman–Crippen LogP) is 5.53. The van der Waals surface area contributed by atoms with Gasteiger partial charge in [-0.15, -0.1) is 0 Å². The van der Waals surface area contributed by atoms with Gasteiger partial charge >= 0.3 is 0 Å². The molecule has 3 heteroatoms. The van der Waals surface area contributed by atoms with Crippen molar-refractivity contribution < 1.29 is 9.21 Å². The van der Waals surface area contributed by atoms with Gasteiger partial charge in [-0.05, 0) is 35.2 Å². The Bertz CT molecular complexity index is 834. The topological polar surface area (TPSA) is 42.2 Å². The lowest BCUT2D eigenvalue weighted by Crippen LogP contribution is -2.28. The zero-order chi connectivity index (χ0) is 16.9. The van der Waals surface area contributed by atoms with Crippen molar-refractivity contribution >= 4 is 27.6 Å². The van der Waals surface area contributed by atoms with Crippen LogP contribution < -0.4 is 5.32 Å². The third kappa shape index (κ3) is 3.45. The average Bonchev–Trinajstić information content (AvgIpc) is 3.06. The molecule has 0 fully saturated rings. The summed E-state index contributed by atoms with van der Waals surface area (Å²) in [5.41, 5.74) is 0.761. The van der Waals surface area contributed by atoms with Crippen LogP contribution in [0.25, 0.3) is 21.7 Å². The van der Waals surface area contributed by atoms with Crippen LogP contribution in [-0.4, -0.2) is 12.5 Å². The van der Waals surface area contributed by atoms with Crippen LogP contribution in [-0.2, 0) is 0 Å². The maximum Gasteiger partial charge on any atom is 0.287 e. The highest BCUT2D eigenvalue weighted by Gasteiger charge is 2.15. The van der Waals surface area contributed by atoms with Crippen molar-refractivity contribution in [2.45, 2.75) is 39.5 Å². The molecule has 1 N–H and O–H groups in total. The number of benzene rings is 2. The molecule has 3 rings (SSSR count). The molecular formula is C21H25NO2. The lowest BCUT2D eigenvalue weighted by atomic mass is 9.99. The van der Waals surface area contributed by atoms with Gasteiger partial charge in [0.05, 0.1) is 0 Å². The molecule has 0 saturated heterocycles. The van der Waals surface area contributed by atoms with Gasteiger partial charge < -0.3 is 9.73 Å². The van der Waals surface area contributed by atoms with E-state index in [-0.39, 0.29) is 5.91 Å². The molecule has 0 bridgehead atoms. The number of furan rings is 1. The normalized spacial score (nSPS) is 12.6. The Morgan fingerprint density at radius 3 is 2.75 bits per heavy atom. The van der Waals surface area contributed by atoms with Crippen molar-refractivity contribution in [2.75, 3.05) is 6.54 Å². The van der Waals surface area contributed by atoms with Gasteiger partial charge in [0, 0.05) is 11.9 Å². The second kappa shape index (κ2) is 7.52. The Morgan fingerprint density at radius 1 is 1.12 bits per heavy atom. The number of nitrogens with one attached hydrogen (secondary N) is 1. The Balaban J connectivity index is 1.76. The molecule has 126 valence electrons. The van der Waals surface area contributed by atoms with Crippen molar-refractivity contribution in [3.05, 3.63) is 48.2 Å². The van der Waals surface area contributed by atoms with Crippen molar-refractivity contribution in [2.24, 2.45) is 5.92 Å². The molecule has 1 aromatic heterocycles. The van der Waals surface area contributed by atoms with Gasteiger partial charge in [-0.1, -0.05) is 63.4 Å². The summed E-state index contributed by atoms with van der Waals surface area (Å²) >= 11 is 0. The van der Waals surface area contributed by atoms with Crippen LogP contribution in [0.3, 0.4) is 0 Å². The summed E-state index contributed by atoms with van der Waals surface area (Å²) < 4.78 is 5.77. The molecule has 0 unspecified atom stereocenters. The number of hydrogen-bond acceptors (Lipinski definition) is 2. The quantitative estimate of drug-likeness (QED) is 0.621. The maximum absolute atomic E-state index is 12.4. The lowest BCUT2D eigenvalue weighted by Gasteiger charge is -2.14. The summed E-state index contributed by atoms with van der Waals surface area (Å²) in [7, 11) is 0. The zero-order valence-corrected chi connectivity index (χ0v) is 14.5. The fraction of sp³-hybridized carbons (Fsp3) is 0.381. The largest absolute Gasteiger partial charge is 0.451 e. The SMILES string of the molecule is CCCC[C@H](CC)CNC(=O)c1cc2c(ccc3ccccc32)o1. The second-order valence-electron chi connectivity index (χ2n) is 6.44. The minimum Gasteiger partial charge on any atom is -0.451 e. The summed E-state index contributed by atoms with van der Waals surface area (Å²) in [6.07, 6.45) is 4.66. The molecule has 3 aromatic rings. The fourth-order valence-corrected chi connectivity index (χ4v) is 3.17. The molecule has 0 aliphatic heterocycles. The van der Waals surface area contributed by atoms with E-state index in [2.05, 4.69) is 31.3 Å². The van der Waals surface area contributed by atoms with Gasteiger partial charge in [-0.2, -0.15) is 0 Å². The highest BCUT2D eigenvalue weighted by molar-refractivity contribution is 6.08. The highest BCUT2D eigenvalue weighted by atomic mass is 16.3. The van der Waals surface area contributed by atoms with Crippen LogP contribution in [0, 0.1) is 5.92 Å². The Kier molecular flexibility index (Phi) is 5.19. The highest BCUT2D eigenvalue weighted by Crippen LogP contribution is 2.28. The molecule has 3 nitrogen and oxygen atoms in total. The second-order valence-corrected chi connectivity index (χ2v) is 6.44. The minimum atomic E-state index is -0.120. The van der Waals surface area contributed by atoms with Gasteiger partial charge in [-0.25, -0.2) is 0 Å². The number of carbonyl (C=O) groups excluding carboxylic acids is 1. The third-order valence-electron chi connectivity index (χ3n) is 4.74. The van der Waals surface area contributed by atoms with Crippen LogP contribution in [0.15, 0.2) is 46.9 Å². The Hall–Kier alpha value is -2.29. The van der Waals surface area contributed by atoms with E-state index in [9.17, 15) is 4.79 Å². The summed E-state index contributed by atoms with van der Waals surface area (Å²) in [4.78, 5) is 12.4. The van der Waals surface area contributed by atoms with Crippen LogP contribution in [0.1, 0.15) is 50.1 Å². The van der Waals surface area contributed by atoms with Crippen molar-refractivity contribution in [1.82, 2.24) is 5.32 Å². The smallest absolute Gasteiger partial charge is 0.287 e. The molecule has 0 radical (unpaired) electrons. The monoisotopic (exact) mass is 323 g/mol. The molecule has 24 heavy (non-hydrogen) atoms. The van der Waals surface area contributed by atoms with E-state index in [0.717, 1.165) is 34.6 Å². The van der Waals surface area contributed by atoms with Crippen molar-refractivity contribution in [3.8, 4) is 0 Å². The van der Waals surface area contributed by atoms with Gasteiger partial charge in [0.25, 0.3) is 5.91 Å². The summed E-state index contributed by atoms with van der Waals surface area (Å²) in [6, 6.07) is 14.0. The van der Waals surface area contributed by atoms with Gasteiger partial charge in [-0.3, -0.25) is 4.79 Å². The van der Waals surface area contributed by atoms with E-state index in [1.807, 2.05) is 30.3 Å². The fourth-order valence-electron chi connectivity index (χ4n) is 3.17. The number of rotatable bonds is 7. The molecule has 0 aliphatic carbocycles. The lowest BCUT2D eigenvalue weighted by molar-refractivity contribution is 0.0920. The zero-order valence-electron chi connectivity index (χ0n) is 14.5. The number of hydrogen-bond donors (Lipinski definition) is 1. The molecule has 0 aliphatic rings. The average molecular weight is 323 g/mol. The van der Waals surface area contributed by atoms with Gasteiger partial charge in [0.2, 0.25) is 0 Å². The van der Waals surface area contributed by atoms with E-state index >= 15 is 0 Å². The predicted molar refractivity (Wildman–Crippen MR) is 99.4 cm³/mol. The number of unbranched alkanes of at least 4 members (excludes halogenated alkanes) is 1. The van der Waals surface area contributed by atoms with E-state index in [4.69, 9.17) is 4.42 Å². The standard InChI is InChI=1S/C21H25NO2/c1-3-5-8-15(4-2)14-22-21(23)20-13-18-17-10-7-6-9-16(17)11-12-19(18)24-20/h6-7,9-13,15H,3-5,8,14H2,1-2H3,(H,22,23)/t15-/m0/s1. The van der Waals surface area contributed by atoms with Crippen molar-refractivity contribution in [1.29, 1.82) is 0 Å². The minimum absolute atomic E-state index is 0.120. The molecule has 1 heterocycles. The maximum atomic E-state index is 12.4. The number of amides is 1. The van der Waals surface area contributed by atoms with Crippen molar-refractivity contribution in [3.63, 3.8) is 0 Å². The molecule has 2 aromatic carbocycles.